The Kier molecular flexibility index (Phi) is 5.83. The van der Waals surface area contributed by atoms with Crippen molar-refractivity contribution in [1.82, 2.24) is 0 Å². The second-order valence-corrected chi connectivity index (χ2v) is 4.55. The highest BCUT2D eigenvalue weighted by Crippen LogP contribution is 2.34. The molecule has 0 fully saturated rings. The molecule has 1 aromatic carbocycles. The minimum Gasteiger partial charge on any atom is -0.496 e. The van der Waals surface area contributed by atoms with Crippen LogP contribution in [0.1, 0.15) is 31.9 Å². The highest BCUT2D eigenvalue weighted by Gasteiger charge is 2.40. The third kappa shape index (κ3) is 4.11. The summed E-state index contributed by atoms with van der Waals surface area (Å²) in [6, 6.07) is 6.25. The van der Waals surface area contributed by atoms with Crippen molar-refractivity contribution in [2.45, 2.75) is 44.7 Å². The largest absolute Gasteiger partial charge is 0.496 e. The normalized spacial score (nSPS) is 16.6. The lowest BCUT2D eigenvalue weighted by atomic mass is 9.99. The summed E-state index contributed by atoms with van der Waals surface area (Å²) in [6.45, 7) is 2.78. The third-order valence-electron chi connectivity index (χ3n) is 3.12. The van der Waals surface area contributed by atoms with Gasteiger partial charge in [0.05, 0.1) is 7.11 Å². The van der Waals surface area contributed by atoms with Gasteiger partial charge in [-0.1, -0.05) is 25.1 Å². The van der Waals surface area contributed by atoms with E-state index in [9.17, 15) is 13.2 Å². The number of hydrogen-bond donors (Lipinski definition) is 1. The molecule has 114 valence electrons. The average Bonchev–Trinajstić information content (AvgIpc) is 2.42. The van der Waals surface area contributed by atoms with Crippen molar-refractivity contribution in [1.29, 1.82) is 0 Å². The van der Waals surface area contributed by atoms with Crippen LogP contribution in [0.2, 0.25) is 0 Å². The number of nitrogens with two attached hydrogens (primary N) is 1. The molecule has 0 amide bonds. The molecule has 0 spiro atoms. The van der Waals surface area contributed by atoms with Crippen molar-refractivity contribution in [2.24, 2.45) is 5.73 Å². The Bertz CT molecular complexity index is 423. The summed E-state index contributed by atoms with van der Waals surface area (Å²) >= 11 is 0. The van der Waals surface area contributed by atoms with E-state index in [1.807, 2.05) is 0 Å². The molecule has 0 aliphatic carbocycles. The fraction of sp³-hybridized carbons (Fsp3) is 0.571. The van der Waals surface area contributed by atoms with E-state index in [1.54, 1.807) is 31.2 Å². The predicted octanol–water partition coefficient (Wildman–Crippen LogP) is 3.44. The van der Waals surface area contributed by atoms with E-state index in [1.165, 1.54) is 7.11 Å². The Morgan fingerprint density at radius 2 is 1.85 bits per heavy atom. The molecule has 20 heavy (non-hydrogen) atoms. The van der Waals surface area contributed by atoms with Gasteiger partial charge < -0.3 is 15.2 Å². The summed E-state index contributed by atoms with van der Waals surface area (Å²) in [7, 11) is 1.46. The van der Waals surface area contributed by atoms with Crippen molar-refractivity contribution in [3.05, 3.63) is 29.8 Å². The summed E-state index contributed by atoms with van der Waals surface area (Å²) in [6.07, 6.45) is -6.69. The third-order valence-corrected chi connectivity index (χ3v) is 3.12. The van der Waals surface area contributed by atoms with Crippen molar-refractivity contribution < 1.29 is 22.6 Å². The maximum absolute atomic E-state index is 12.7. The molecule has 0 aliphatic rings. The highest BCUT2D eigenvalue weighted by molar-refractivity contribution is 5.36. The Morgan fingerprint density at radius 3 is 2.35 bits per heavy atom. The Morgan fingerprint density at radius 1 is 1.25 bits per heavy atom. The second kappa shape index (κ2) is 6.95. The number of ether oxygens (including phenoxy) is 2. The van der Waals surface area contributed by atoms with Crippen molar-refractivity contribution >= 4 is 0 Å². The van der Waals surface area contributed by atoms with E-state index >= 15 is 0 Å². The zero-order chi connectivity index (χ0) is 15.3. The van der Waals surface area contributed by atoms with Crippen LogP contribution in [-0.4, -0.2) is 25.4 Å². The van der Waals surface area contributed by atoms with E-state index in [4.69, 9.17) is 15.2 Å². The molecule has 2 N–H and O–H groups in total. The minimum atomic E-state index is -4.42. The van der Waals surface area contributed by atoms with Crippen LogP contribution in [0.3, 0.4) is 0 Å². The molecule has 0 saturated heterocycles. The summed E-state index contributed by atoms with van der Waals surface area (Å²) in [5.74, 6) is 0.468. The van der Waals surface area contributed by atoms with Gasteiger partial charge in [-0.05, 0) is 19.4 Å². The molecule has 3 unspecified atom stereocenters. The first-order chi connectivity index (χ1) is 9.31. The van der Waals surface area contributed by atoms with Gasteiger partial charge in [-0.3, -0.25) is 0 Å². The quantitative estimate of drug-likeness (QED) is 0.873. The molecular weight excluding hydrogens is 271 g/mol. The van der Waals surface area contributed by atoms with Crippen LogP contribution < -0.4 is 10.5 Å². The van der Waals surface area contributed by atoms with Gasteiger partial charge in [0.1, 0.15) is 11.9 Å². The SMILES string of the molecule is CCC(N)C(OC(C)C(F)(F)F)c1ccccc1OC. The first-order valence-electron chi connectivity index (χ1n) is 6.41. The van der Waals surface area contributed by atoms with Gasteiger partial charge >= 0.3 is 6.18 Å². The van der Waals surface area contributed by atoms with E-state index < -0.39 is 24.4 Å². The van der Waals surface area contributed by atoms with Crippen LogP contribution in [0.5, 0.6) is 5.75 Å². The number of hydrogen-bond acceptors (Lipinski definition) is 3. The molecule has 6 heteroatoms. The van der Waals surface area contributed by atoms with E-state index in [2.05, 4.69) is 0 Å². The molecule has 1 rings (SSSR count). The molecule has 3 atom stereocenters. The van der Waals surface area contributed by atoms with Crippen LogP contribution in [0.4, 0.5) is 13.2 Å². The standard InChI is InChI=1S/C14H20F3NO2/c1-4-11(18)13(20-9(2)14(15,16)17)10-7-5-6-8-12(10)19-3/h5-9,11,13H,4,18H2,1-3H3. The molecule has 1 aromatic rings. The van der Waals surface area contributed by atoms with Crippen molar-refractivity contribution in [3.8, 4) is 5.75 Å². The number of rotatable bonds is 6. The van der Waals surface area contributed by atoms with Crippen LogP contribution in [0, 0.1) is 0 Å². The molecule has 0 aliphatic heterocycles. The summed E-state index contributed by atoms with van der Waals surface area (Å²) in [5, 5.41) is 0. The Balaban J connectivity index is 3.07. The van der Waals surface area contributed by atoms with Crippen LogP contribution in [-0.2, 0) is 4.74 Å². The summed E-state index contributed by atoms with van der Waals surface area (Å²) < 4.78 is 48.4. The van der Waals surface area contributed by atoms with Crippen molar-refractivity contribution in [3.63, 3.8) is 0 Å². The molecule has 0 radical (unpaired) electrons. The van der Waals surface area contributed by atoms with E-state index in [-0.39, 0.29) is 0 Å². The number of methoxy groups -OCH3 is 1. The van der Waals surface area contributed by atoms with Gasteiger partial charge in [-0.2, -0.15) is 13.2 Å². The monoisotopic (exact) mass is 291 g/mol. The number of para-hydroxylation sites is 1. The van der Waals surface area contributed by atoms with E-state index in [0.717, 1.165) is 6.92 Å². The van der Waals surface area contributed by atoms with Gasteiger partial charge in [-0.25, -0.2) is 0 Å². The summed E-state index contributed by atoms with van der Waals surface area (Å²) in [4.78, 5) is 0. The Hall–Kier alpha value is -1.27. The van der Waals surface area contributed by atoms with E-state index in [0.29, 0.717) is 17.7 Å². The fourth-order valence-electron chi connectivity index (χ4n) is 1.82. The molecule has 0 saturated carbocycles. The first kappa shape index (κ1) is 16.8. The lowest BCUT2D eigenvalue weighted by Crippen LogP contribution is -2.37. The molecule has 0 aromatic heterocycles. The molecule has 0 heterocycles. The van der Waals surface area contributed by atoms with Gasteiger partial charge in [0.15, 0.2) is 6.10 Å². The van der Waals surface area contributed by atoms with Crippen LogP contribution in [0.15, 0.2) is 24.3 Å². The zero-order valence-corrected chi connectivity index (χ0v) is 11.8. The van der Waals surface area contributed by atoms with Gasteiger partial charge in [0.2, 0.25) is 0 Å². The average molecular weight is 291 g/mol. The van der Waals surface area contributed by atoms with Gasteiger partial charge in [-0.15, -0.1) is 0 Å². The molecule has 3 nitrogen and oxygen atoms in total. The highest BCUT2D eigenvalue weighted by atomic mass is 19.4. The Labute approximate surface area is 116 Å². The molecular formula is C14H20F3NO2. The van der Waals surface area contributed by atoms with Gasteiger partial charge in [0, 0.05) is 11.6 Å². The maximum atomic E-state index is 12.7. The minimum absolute atomic E-state index is 0.468. The number of benzene rings is 1. The van der Waals surface area contributed by atoms with Crippen LogP contribution in [0.25, 0.3) is 0 Å². The number of halogens is 3. The number of alkyl halides is 3. The maximum Gasteiger partial charge on any atom is 0.414 e. The topological polar surface area (TPSA) is 44.5 Å². The molecule has 0 bridgehead atoms. The summed E-state index contributed by atoms with van der Waals surface area (Å²) in [5.41, 5.74) is 6.44. The lowest BCUT2D eigenvalue weighted by molar-refractivity contribution is -0.230. The fourth-order valence-corrected chi connectivity index (χ4v) is 1.82. The lowest BCUT2D eigenvalue weighted by Gasteiger charge is -2.29. The van der Waals surface area contributed by atoms with Gasteiger partial charge in [0.25, 0.3) is 0 Å². The first-order valence-corrected chi connectivity index (χ1v) is 6.41. The smallest absolute Gasteiger partial charge is 0.414 e. The predicted molar refractivity (Wildman–Crippen MR) is 70.6 cm³/mol. The zero-order valence-electron chi connectivity index (χ0n) is 11.8. The van der Waals surface area contributed by atoms with Crippen molar-refractivity contribution in [2.75, 3.05) is 7.11 Å². The van der Waals surface area contributed by atoms with Crippen LogP contribution >= 0.6 is 0 Å². The second-order valence-electron chi connectivity index (χ2n) is 4.55.